The second-order valence-electron chi connectivity index (χ2n) is 5.93. The Morgan fingerprint density at radius 3 is 2.44 bits per heavy atom. The van der Waals surface area contributed by atoms with E-state index in [2.05, 4.69) is 5.32 Å². The highest BCUT2D eigenvalue weighted by Gasteiger charge is 2.23. The minimum Gasteiger partial charge on any atom is -0.455 e. The lowest BCUT2D eigenvalue weighted by Crippen LogP contribution is -2.43. The molecular formula is C16H21ClN2O5S. The summed E-state index contributed by atoms with van der Waals surface area (Å²) in [5.41, 5.74) is 0.888. The molecule has 1 aromatic rings. The normalized spacial score (nSPS) is 18.3. The Bertz CT molecular complexity index is 707. The number of nitrogens with one attached hydrogen (secondary N) is 1. The van der Waals surface area contributed by atoms with Gasteiger partial charge in [-0.3, -0.25) is 14.5 Å². The maximum absolute atomic E-state index is 11.9. The first-order chi connectivity index (χ1) is 11.7. The molecule has 1 aliphatic rings. The number of benzene rings is 1. The van der Waals surface area contributed by atoms with Gasteiger partial charge in [-0.25, -0.2) is 8.42 Å². The van der Waals surface area contributed by atoms with Crippen molar-refractivity contribution in [1.29, 1.82) is 0 Å². The van der Waals surface area contributed by atoms with Gasteiger partial charge in [0.05, 0.1) is 24.1 Å². The SMILES string of the molecule is CC(NC(=O)COC(=O)CN1CCS(=O)(=O)CC1)c1ccc(Cl)cc1. The van der Waals surface area contributed by atoms with Gasteiger partial charge in [-0.1, -0.05) is 23.7 Å². The zero-order valence-electron chi connectivity index (χ0n) is 13.9. The second-order valence-corrected chi connectivity index (χ2v) is 8.67. The van der Waals surface area contributed by atoms with Gasteiger partial charge in [0.25, 0.3) is 5.91 Å². The summed E-state index contributed by atoms with van der Waals surface area (Å²) in [7, 11) is -2.99. The highest BCUT2D eigenvalue weighted by molar-refractivity contribution is 7.91. The van der Waals surface area contributed by atoms with Gasteiger partial charge in [0.2, 0.25) is 0 Å². The molecule has 1 atom stereocenters. The number of hydrogen-bond acceptors (Lipinski definition) is 6. The fourth-order valence-corrected chi connectivity index (χ4v) is 3.80. The van der Waals surface area contributed by atoms with E-state index < -0.39 is 21.7 Å². The van der Waals surface area contributed by atoms with E-state index in [9.17, 15) is 18.0 Å². The highest BCUT2D eigenvalue weighted by atomic mass is 35.5. The van der Waals surface area contributed by atoms with Crippen molar-refractivity contribution < 1.29 is 22.7 Å². The second kappa shape index (κ2) is 8.64. The quantitative estimate of drug-likeness (QED) is 0.724. The van der Waals surface area contributed by atoms with Crippen molar-refractivity contribution in [1.82, 2.24) is 10.2 Å². The first kappa shape index (κ1) is 19.7. The molecule has 0 aromatic heterocycles. The van der Waals surface area contributed by atoms with Crippen molar-refractivity contribution >= 4 is 33.3 Å². The van der Waals surface area contributed by atoms with Crippen LogP contribution >= 0.6 is 11.6 Å². The largest absolute Gasteiger partial charge is 0.455 e. The maximum atomic E-state index is 11.9. The Kier molecular flexibility index (Phi) is 6.80. The van der Waals surface area contributed by atoms with E-state index in [4.69, 9.17) is 16.3 Å². The van der Waals surface area contributed by atoms with Crippen molar-refractivity contribution in [3.8, 4) is 0 Å². The number of ether oxygens (including phenoxy) is 1. The minimum atomic E-state index is -2.99. The number of nitrogens with zero attached hydrogens (tertiary/aromatic N) is 1. The van der Waals surface area contributed by atoms with Gasteiger partial charge in [0, 0.05) is 18.1 Å². The molecule has 1 aliphatic heterocycles. The van der Waals surface area contributed by atoms with Crippen LogP contribution in [-0.2, 0) is 24.2 Å². The van der Waals surface area contributed by atoms with Gasteiger partial charge in [-0.15, -0.1) is 0 Å². The Hall–Kier alpha value is -1.64. The third kappa shape index (κ3) is 6.64. The lowest BCUT2D eigenvalue weighted by atomic mass is 10.1. The molecule has 7 nitrogen and oxygen atoms in total. The molecule has 1 saturated heterocycles. The van der Waals surface area contributed by atoms with Crippen LogP contribution in [0.2, 0.25) is 5.02 Å². The lowest BCUT2D eigenvalue weighted by Gasteiger charge is -2.25. The molecule has 1 heterocycles. The highest BCUT2D eigenvalue weighted by Crippen LogP contribution is 2.15. The zero-order valence-corrected chi connectivity index (χ0v) is 15.5. The summed E-state index contributed by atoms with van der Waals surface area (Å²) in [6.45, 7) is 2.03. The summed E-state index contributed by atoms with van der Waals surface area (Å²) in [4.78, 5) is 25.3. The van der Waals surface area contributed by atoms with E-state index in [1.54, 1.807) is 17.0 Å². The Labute approximate surface area is 152 Å². The fraction of sp³-hybridized carbons (Fsp3) is 0.500. The molecule has 9 heteroatoms. The van der Waals surface area contributed by atoms with Crippen LogP contribution in [0.5, 0.6) is 0 Å². The molecule has 1 N–H and O–H groups in total. The van der Waals surface area contributed by atoms with Gasteiger partial charge in [-0.2, -0.15) is 0 Å². The number of hydrogen-bond donors (Lipinski definition) is 1. The first-order valence-electron chi connectivity index (χ1n) is 7.88. The smallest absolute Gasteiger partial charge is 0.320 e. The summed E-state index contributed by atoms with van der Waals surface area (Å²) < 4.78 is 27.6. The Balaban J connectivity index is 1.70. The molecule has 138 valence electrons. The van der Waals surface area contributed by atoms with Crippen LogP contribution in [0.15, 0.2) is 24.3 Å². The van der Waals surface area contributed by atoms with Crippen molar-refractivity contribution in [2.24, 2.45) is 0 Å². The standard InChI is InChI=1S/C16H21ClN2O5S/c1-12(13-2-4-14(17)5-3-13)18-15(20)11-24-16(21)10-19-6-8-25(22,23)9-7-19/h2-5,12H,6-11H2,1H3,(H,18,20). The summed E-state index contributed by atoms with van der Waals surface area (Å²) in [6.07, 6.45) is 0. The molecular weight excluding hydrogens is 368 g/mol. The van der Waals surface area contributed by atoms with E-state index in [0.29, 0.717) is 18.1 Å². The third-order valence-electron chi connectivity index (χ3n) is 3.90. The van der Waals surface area contributed by atoms with Crippen molar-refractivity contribution in [2.75, 3.05) is 37.7 Å². The van der Waals surface area contributed by atoms with Crippen LogP contribution in [0.1, 0.15) is 18.5 Å². The van der Waals surface area contributed by atoms with Crippen molar-refractivity contribution in [3.63, 3.8) is 0 Å². The van der Waals surface area contributed by atoms with Crippen molar-refractivity contribution in [3.05, 3.63) is 34.9 Å². The third-order valence-corrected chi connectivity index (χ3v) is 5.76. The topological polar surface area (TPSA) is 92.8 Å². The van der Waals surface area contributed by atoms with E-state index in [1.807, 2.05) is 19.1 Å². The monoisotopic (exact) mass is 388 g/mol. The molecule has 1 unspecified atom stereocenters. The van der Waals surface area contributed by atoms with Gasteiger partial charge in [0.1, 0.15) is 0 Å². The predicted molar refractivity (Wildman–Crippen MR) is 94.1 cm³/mol. The fourth-order valence-electron chi connectivity index (χ4n) is 2.40. The van der Waals surface area contributed by atoms with Gasteiger partial charge < -0.3 is 10.1 Å². The Morgan fingerprint density at radius 1 is 1.24 bits per heavy atom. The van der Waals surface area contributed by atoms with Gasteiger partial charge in [0.15, 0.2) is 16.4 Å². The summed E-state index contributed by atoms with van der Waals surface area (Å²) in [5.74, 6) is -0.871. The van der Waals surface area contributed by atoms with Crippen LogP contribution in [0.25, 0.3) is 0 Å². The zero-order chi connectivity index (χ0) is 18.4. The molecule has 0 aliphatic carbocycles. The molecule has 0 bridgehead atoms. The van der Waals surface area contributed by atoms with E-state index in [0.717, 1.165) is 5.56 Å². The molecule has 1 fully saturated rings. The van der Waals surface area contributed by atoms with Crippen LogP contribution in [0.3, 0.4) is 0 Å². The average Bonchev–Trinajstić information content (AvgIpc) is 2.55. The Morgan fingerprint density at radius 2 is 1.84 bits per heavy atom. The number of amides is 1. The number of halogens is 1. The molecule has 25 heavy (non-hydrogen) atoms. The molecule has 2 rings (SSSR count). The summed E-state index contributed by atoms with van der Waals surface area (Å²) in [5, 5.41) is 3.35. The average molecular weight is 389 g/mol. The first-order valence-corrected chi connectivity index (χ1v) is 10.1. The van der Waals surface area contributed by atoms with Gasteiger partial charge in [-0.05, 0) is 24.6 Å². The molecule has 0 radical (unpaired) electrons. The van der Waals surface area contributed by atoms with Crippen LogP contribution < -0.4 is 5.32 Å². The molecule has 1 aromatic carbocycles. The summed E-state index contributed by atoms with van der Waals surface area (Å²) >= 11 is 5.82. The number of sulfone groups is 1. The maximum Gasteiger partial charge on any atom is 0.320 e. The van der Waals surface area contributed by atoms with E-state index in [-0.39, 0.29) is 30.7 Å². The molecule has 0 saturated carbocycles. The van der Waals surface area contributed by atoms with Crippen LogP contribution in [0.4, 0.5) is 0 Å². The number of esters is 1. The van der Waals surface area contributed by atoms with E-state index in [1.165, 1.54) is 0 Å². The van der Waals surface area contributed by atoms with Gasteiger partial charge >= 0.3 is 5.97 Å². The van der Waals surface area contributed by atoms with Crippen molar-refractivity contribution in [2.45, 2.75) is 13.0 Å². The molecule has 1 amide bonds. The summed E-state index contributed by atoms with van der Waals surface area (Å²) in [6, 6.07) is 6.85. The van der Waals surface area contributed by atoms with E-state index >= 15 is 0 Å². The lowest BCUT2D eigenvalue weighted by molar-refractivity contribution is -0.149. The molecule has 0 spiro atoms. The number of carbonyl (C=O) groups is 2. The number of rotatable bonds is 6. The number of carbonyl (C=O) groups excluding carboxylic acids is 2. The predicted octanol–water partition coefficient (Wildman–Crippen LogP) is 0.791. The van der Waals surface area contributed by atoms with Crippen LogP contribution in [0, 0.1) is 0 Å². The minimum absolute atomic E-state index is 0.0183. The van der Waals surface area contributed by atoms with Crippen LogP contribution in [-0.4, -0.2) is 62.9 Å².